The quantitative estimate of drug-likeness (QED) is 0.648. The Kier molecular flexibility index (Phi) is 3.95. The molecule has 2 rings (SSSR count). The molecule has 1 aliphatic rings. The van der Waals surface area contributed by atoms with E-state index in [0.29, 0.717) is 12.5 Å². The van der Waals surface area contributed by atoms with Crippen LogP contribution < -0.4 is 10.6 Å². The third-order valence-corrected chi connectivity index (χ3v) is 3.60. The van der Waals surface area contributed by atoms with E-state index in [1.807, 2.05) is 6.92 Å². The highest BCUT2D eigenvalue weighted by Crippen LogP contribution is 2.39. The molecule has 0 radical (unpaired) electrons. The number of rotatable bonds is 5. The number of benzene rings is 1. The van der Waals surface area contributed by atoms with Crippen LogP contribution in [-0.2, 0) is 6.54 Å². The van der Waals surface area contributed by atoms with Crippen LogP contribution in [0.5, 0.6) is 5.75 Å². The molecule has 0 aromatic heterocycles. The van der Waals surface area contributed by atoms with Gasteiger partial charge >= 0.3 is 6.03 Å². The monoisotopic (exact) mass is 264 g/mol. The van der Waals surface area contributed by atoms with Gasteiger partial charge in [-0.15, -0.1) is 0 Å². The highest BCUT2D eigenvalue weighted by molar-refractivity contribution is 5.74. The maximum Gasteiger partial charge on any atom is 0.315 e. The minimum atomic E-state index is -0.529. The average molecular weight is 264 g/mol. The van der Waals surface area contributed by atoms with Crippen molar-refractivity contribution in [1.82, 2.24) is 10.6 Å². The fourth-order valence-corrected chi connectivity index (χ4v) is 2.09. The molecular weight excluding hydrogens is 244 g/mol. The SMILES string of the molecule is CC(CO)(NC(=O)NCc1ccc(O)cc1)C1CC1. The molecule has 0 aliphatic heterocycles. The number of phenolic OH excluding ortho intramolecular Hbond substituents is 1. The summed E-state index contributed by atoms with van der Waals surface area (Å²) >= 11 is 0. The van der Waals surface area contributed by atoms with E-state index in [4.69, 9.17) is 5.11 Å². The Labute approximate surface area is 112 Å². The molecule has 5 nitrogen and oxygen atoms in total. The molecule has 1 unspecified atom stereocenters. The second-order valence-electron chi connectivity index (χ2n) is 5.32. The van der Waals surface area contributed by atoms with Crippen molar-refractivity contribution in [2.75, 3.05) is 6.61 Å². The second kappa shape index (κ2) is 5.48. The van der Waals surface area contributed by atoms with Gasteiger partial charge in [0.15, 0.2) is 0 Å². The van der Waals surface area contributed by atoms with Crippen molar-refractivity contribution >= 4 is 6.03 Å². The fraction of sp³-hybridized carbons (Fsp3) is 0.500. The van der Waals surface area contributed by atoms with Crippen molar-refractivity contribution in [3.8, 4) is 5.75 Å². The zero-order valence-electron chi connectivity index (χ0n) is 11.0. The van der Waals surface area contributed by atoms with E-state index in [1.165, 1.54) is 0 Å². The molecule has 1 saturated carbocycles. The topological polar surface area (TPSA) is 81.6 Å². The van der Waals surface area contributed by atoms with E-state index in [-0.39, 0.29) is 18.4 Å². The number of carbonyl (C=O) groups excluding carboxylic acids is 1. The van der Waals surface area contributed by atoms with Crippen LogP contribution in [0.15, 0.2) is 24.3 Å². The van der Waals surface area contributed by atoms with E-state index in [2.05, 4.69) is 10.6 Å². The van der Waals surface area contributed by atoms with Crippen molar-refractivity contribution in [3.05, 3.63) is 29.8 Å². The van der Waals surface area contributed by atoms with Gasteiger partial charge in [0.25, 0.3) is 0 Å². The first-order valence-corrected chi connectivity index (χ1v) is 6.48. The predicted molar refractivity (Wildman–Crippen MR) is 71.7 cm³/mol. The van der Waals surface area contributed by atoms with Crippen molar-refractivity contribution in [2.45, 2.75) is 31.8 Å². The first kappa shape index (κ1) is 13.7. The molecule has 1 aromatic carbocycles. The van der Waals surface area contributed by atoms with E-state index < -0.39 is 5.54 Å². The lowest BCUT2D eigenvalue weighted by Gasteiger charge is -2.28. The minimum Gasteiger partial charge on any atom is -0.508 e. The molecule has 4 N–H and O–H groups in total. The molecule has 1 fully saturated rings. The van der Waals surface area contributed by atoms with E-state index in [9.17, 15) is 9.90 Å². The van der Waals surface area contributed by atoms with Crippen LogP contribution in [0.3, 0.4) is 0 Å². The number of amides is 2. The van der Waals surface area contributed by atoms with E-state index in [1.54, 1.807) is 24.3 Å². The lowest BCUT2D eigenvalue weighted by Crippen LogP contribution is -2.53. The maximum absolute atomic E-state index is 11.8. The number of aliphatic hydroxyl groups is 1. The number of carbonyl (C=O) groups is 1. The van der Waals surface area contributed by atoms with Crippen LogP contribution in [0.2, 0.25) is 0 Å². The molecule has 5 heteroatoms. The Balaban J connectivity index is 1.82. The summed E-state index contributed by atoms with van der Waals surface area (Å²) < 4.78 is 0. The lowest BCUT2D eigenvalue weighted by molar-refractivity contribution is 0.155. The van der Waals surface area contributed by atoms with Crippen molar-refractivity contribution in [3.63, 3.8) is 0 Å². The zero-order valence-corrected chi connectivity index (χ0v) is 11.0. The number of nitrogens with one attached hydrogen (secondary N) is 2. The lowest BCUT2D eigenvalue weighted by atomic mass is 9.97. The number of urea groups is 1. The zero-order chi connectivity index (χ0) is 13.9. The van der Waals surface area contributed by atoms with E-state index >= 15 is 0 Å². The van der Waals surface area contributed by atoms with Crippen molar-refractivity contribution < 1.29 is 15.0 Å². The number of hydrogen-bond acceptors (Lipinski definition) is 3. The van der Waals surface area contributed by atoms with Gasteiger partial charge in [-0.2, -0.15) is 0 Å². The third-order valence-electron chi connectivity index (χ3n) is 3.60. The van der Waals surface area contributed by atoms with Gasteiger partial charge in [0, 0.05) is 6.54 Å². The Morgan fingerprint density at radius 3 is 2.53 bits per heavy atom. The van der Waals surface area contributed by atoms with Gasteiger partial charge < -0.3 is 20.8 Å². The highest BCUT2D eigenvalue weighted by Gasteiger charge is 2.42. The van der Waals surface area contributed by atoms with Crippen LogP contribution in [0.4, 0.5) is 4.79 Å². The minimum absolute atomic E-state index is 0.0513. The summed E-state index contributed by atoms with van der Waals surface area (Å²) in [6.45, 7) is 2.20. The third kappa shape index (κ3) is 3.61. The Bertz CT molecular complexity index is 443. The second-order valence-corrected chi connectivity index (χ2v) is 5.32. The molecular formula is C14H20N2O3. The molecule has 2 amide bonds. The van der Waals surface area contributed by atoms with E-state index in [0.717, 1.165) is 18.4 Å². The fourth-order valence-electron chi connectivity index (χ4n) is 2.09. The maximum atomic E-state index is 11.8. The summed E-state index contributed by atoms with van der Waals surface area (Å²) in [7, 11) is 0. The number of aromatic hydroxyl groups is 1. The standard InChI is InChI=1S/C14H20N2O3/c1-14(9-17,11-4-5-11)16-13(19)15-8-10-2-6-12(18)7-3-10/h2-3,6-7,11,17-18H,4-5,8-9H2,1H3,(H2,15,16,19). The Morgan fingerprint density at radius 1 is 1.37 bits per heavy atom. The summed E-state index contributed by atoms with van der Waals surface area (Å²) in [6, 6.07) is 6.38. The molecule has 1 aliphatic carbocycles. The number of hydrogen-bond donors (Lipinski definition) is 4. The molecule has 0 spiro atoms. The predicted octanol–water partition coefficient (Wildman–Crippen LogP) is 1.35. The molecule has 1 atom stereocenters. The summed E-state index contributed by atoms with van der Waals surface area (Å²) in [5.41, 5.74) is 0.379. The summed E-state index contributed by atoms with van der Waals surface area (Å²) in [6.07, 6.45) is 2.10. The summed E-state index contributed by atoms with van der Waals surface area (Å²) in [5.74, 6) is 0.576. The molecule has 19 heavy (non-hydrogen) atoms. The summed E-state index contributed by atoms with van der Waals surface area (Å²) in [4.78, 5) is 11.8. The summed E-state index contributed by atoms with van der Waals surface area (Å²) in [5, 5.41) is 24.1. The Hall–Kier alpha value is -1.75. The van der Waals surface area contributed by atoms with Gasteiger partial charge in [0.1, 0.15) is 5.75 Å². The molecule has 0 bridgehead atoms. The van der Waals surface area contributed by atoms with Crippen LogP contribution in [0, 0.1) is 5.92 Å². The largest absolute Gasteiger partial charge is 0.508 e. The molecule has 0 heterocycles. The van der Waals surface area contributed by atoms with Gasteiger partial charge in [0.2, 0.25) is 0 Å². The molecule has 0 saturated heterocycles. The van der Waals surface area contributed by atoms with Crippen LogP contribution in [-0.4, -0.2) is 28.4 Å². The van der Waals surface area contributed by atoms with Crippen molar-refractivity contribution in [1.29, 1.82) is 0 Å². The van der Waals surface area contributed by atoms with Crippen LogP contribution in [0.1, 0.15) is 25.3 Å². The number of phenols is 1. The van der Waals surface area contributed by atoms with Gasteiger partial charge in [0.05, 0.1) is 12.1 Å². The average Bonchev–Trinajstić information content (AvgIpc) is 3.22. The highest BCUT2D eigenvalue weighted by atomic mass is 16.3. The molecule has 104 valence electrons. The number of aliphatic hydroxyl groups excluding tert-OH is 1. The van der Waals surface area contributed by atoms with Gasteiger partial charge in [-0.05, 0) is 43.4 Å². The van der Waals surface area contributed by atoms with Gasteiger partial charge in [-0.3, -0.25) is 0 Å². The van der Waals surface area contributed by atoms with Gasteiger partial charge in [-0.1, -0.05) is 12.1 Å². The van der Waals surface area contributed by atoms with Crippen LogP contribution >= 0.6 is 0 Å². The smallest absolute Gasteiger partial charge is 0.315 e. The molecule has 1 aromatic rings. The first-order valence-electron chi connectivity index (χ1n) is 6.48. The van der Waals surface area contributed by atoms with Crippen molar-refractivity contribution in [2.24, 2.45) is 5.92 Å². The van der Waals surface area contributed by atoms with Gasteiger partial charge in [-0.25, -0.2) is 4.79 Å². The van der Waals surface area contributed by atoms with Crippen LogP contribution in [0.25, 0.3) is 0 Å². The first-order chi connectivity index (χ1) is 9.03. The Morgan fingerprint density at radius 2 is 2.00 bits per heavy atom. The normalized spacial score (nSPS) is 17.6.